The molecule has 2 atom stereocenters. The van der Waals surface area contributed by atoms with Gasteiger partial charge in [-0.1, -0.05) is 12.2 Å². The molecule has 1 aliphatic rings. The van der Waals surface area contributed by atoms with E-state index >= 15 is 0 Å². The zero-order valence-corrected chi connectivity index (χ0v) is 6.93. The van der Waals surface area contributed by atoms with E-state index in [4.69, 9.17) is 10.8 Å². The van der Waals surface area contributed by atoms with Crippen LogP contribution in [0.2, 0.25) is 0 Å². The molecule has 1 saturated carbocycles. The summed E-state index contributed by atoms with van der Waals surface area (Å²) in [6.45, 7) is 3.71. The lowest BCUT2D eigenvalue weighted by atomic mass is 10.1. The summed E-state index contributed by atoms with van der Waals surface area (Å²) < 4.78 is 0. The SMILES string of the molecule is C=C1CC1CC(N)C(=O)O.Cl. The second-order valence-corrected chi connectivity index (χ2v) is 2.74. The molecule has 3 nitrogen and oxygen atoms in total. The maximum atomic E-state index is 10.2. The van der Waals surface area contributed by atoms with Gasteiger partial charge in [0, 0.05) is 0 Å². The molecule has 0 spiro atoms. The summed E-state index contributed by atoms with van der Waals surface area (Å²) in [5.74, 6) is -0.536. The van der Waals surface area contributed by atoms with Crippen LogP contribution in [-0.2, 0) is 4.79 Å². The second kappa shape index (κ2) is 3.74. The van der Waals surface area contributed by atoms with Crippen LogP contribution in [0.1, 0.15) is 12.8 Å². The molecule has 1 aliphatic carbocycles. The zero-order valence-electron chi connectivity index (χ0n) is 6.12. The van der Waals surface area contributed by atoms with E-state index in [0.717, 1.165) is 12.0 Å². The molecule has 0 amide bonds. The zero-order chi connectivity index (χ0) is 7.72. The van der Waals surface area contributed by atoms with Crippen molar-refractivity contribution < 1.29 is 9.90 Å². The highest BCUT2D eigenvalue weighted by atomic mass is 35.5. The second-order valence-electron chi connectivity index (χ2n) is 2.74. The first-order valence-electron chi connectivity index (χ1n) is 3.27. The topological polar surface area (TPSA) is 63.3 Å². The maximum Gasteiger partial charge on any atom is 0.320 e. The smallest absolute Gasteiger partial charge is 0.320 e. The number of nitrogens with two attached hydrogens (primary N) is 1. The van der Waals surface area contributed by atoms with Crippen molar-refractivity contribution in [3.8, 4) is 0 Å². The van der Waals surface area contributed by atoms with Crippen LogP contribution in [0.4, 0.5) is 0 Å². The van der Waals surface area contributed by atoms with Gasteiger partial charge in [0.2, 0.25) is 0 Å². The molecule has 11 heavy (non-hydrogen) atoms. The number of halogens is 1. The third-order valence-corrected chi connectivity index (χ3v) is 1.78. The fourth-order valence-electron chi connectivity index (χ4n) is 0.915. The fraction of sp³-hybridized carbons (Fsp3) is 0.571. The average molecular weight is 178 g/mol. The standard InChI is InChI=1S/C7H11NO2.ClH/c1-4-2-5(4)3-6(8)7(9)10;/h5-6H,1-3,8H2,(H,9,10);1H. The largest absolute Gasteiger partial charge is 0.480 e. The van der Waals surface area contributed by atoms with Gasteiger partial charge in [0.15, 0.2) is 0 Å². The quantitative estimate of drug-likeness (QED) is 0.627. The molecule has 0 saturated heterocycles. The van der Waals surface area contributed by atoms with Crippen LogP contribution in [0.25, 0.3) is 0 Å². The van der Waals surface area contributed by atoms with Crippen LogP contribution in [0.5, 0.6) is 0 Å². The van der Waals surface area contributed by atoms with Gasteiger partial charge in [-0.25, -0.2) is 0 Å². The van der Waals surface area contributed by atoms with Crippen molar-refractivity contribution in [1.29, 1.82) is 0 Å². The molecule has 1 fully saturated rings. The Morgan fingerprint density at radius 1 is 1.91 bits per heavy atom. The molecule has 0 aliphatic heterocycles. The number of carbonyl (C=O) groups is 1. The van der Waals surface area contributed by atoms with Crippen molar-refractivity contribution in [1.82, 2.24) is 0 Å². The Morgan fingerprint density at radius 3 is 2.64 bits per heavy atom. The first kappa shape index (κ1) is 10.5. The lowest BCUT2D eigenvalue weighted by Gasteiger charge is -2.02. The van der Waals surface area contributed by atoms with Gasteiger partial charge in [0.25, 0.3) is 0 Å². The molecule has 2 unspecified atom stereocenters. The summed E-state index contributed by atoms with van der Waals surface area (Å²) in [5, 5.41) is 8.39. The third kappa shape index (κ3) is 2.91. The first-order chi connectivity index (χ1) is 4.61. The van der Waals surface area contributed by atoms with Crippen molar-refractivity contribution in [2.24, 2.45) is 11.7 Å². The van der Waals surface area contributed by atoms with E-state index < -0.39 is 12.0 Å². The van der Waals surface area contributed by atoms with Crippen LogP contribution in [0.15, 0.2) is 12.2 Å². The van der Waals surface area contributed by atoms with Gasteiger partial charge in [-0.3, -0.25) is 4.79 Å². The minimum Gasteiger partial charge on any atom is -0.480 e. The summed E-state index contributed by atoms with van der Waals surface area (Å²) in [6, 6.07) is -0.704. The van der Waals surface area contributed by atoms with Crippen LogP contribution in [-0.4, -0.2) is 17.1 Å². The van der Waals surface area contributed by atoms with Crippen molar-refractivity contribution in [2.45, 2.75) is 18.9 Å². The lowest BCUT2D eigenvalue weighted by molar-refractivity contribution is -0.138. The summed E-state index contributed by atoms with van der Waals surface area (Å²) >= 11 is 0. The normalized spacial score (nSPS) is 23.7. The molecule has 0 heterocycles. The summed E-state index contributed by atoms with van der Waals surface area (Å²) in [7, 11) is 0. The molecule has 64 valence electrons. The molecule has 0 radical (unpaired) electrons. The van der Waals surface area contributed by atoms with Gasteiger partial charge < -0.3 is 10.8 Å². The Kier molecular flexibility index (Phi) is 3.55. The van der Waals surface area contributed by atoms with Crippen molar-refractivity contribution in [2.75, 3.05) is 0 Å². The van der Waals surface area contributed by atoms with Crippen molar-refractivity contribution in [3.63, 3.8) is 0 Å². The molecular formula is C7H12ClNO2. The van der Waals surface area contributed by atoms with Crippen molar-refractivity contribution in [3.05, 3.63) is 12.2 Å². The predicted molar refractivity (Wildman–Crippen MR) is 44.7 cm³/mol. The highest BCUT2D eigenvalue weighted by molar-refractivity contribution is 5.85. The van der Waals surface area contributed by atoms with E-state index in [-0.39, 0.29) is 12.4 Å². The Morgan fingerprint density at radius 2 is 2.36 bits per heavy atom. The predicted octanol–water partition coefficient (Wildman–Crippen LogP) is 0.786. The number of hydrogen-bond donors (Lipinski definition) is 2. The first-order valence-corrected chi connectivity index (χ1v) is 3.27. The van der Waals surface area contributed by atoms with E-state index in [2.05, 4.69) is 6.58 Å². The Bertz CT molecular complexity index is 181. The van der Waals surface area contributed by atoms with Gasteiger partial charge in [-0.05, 0) is 18.8 Å². The van der Waals surface area contributed by atoms with Crippen LogP contribution < -0.4 is 5.73 Å². The average Bonchev–Trinajstić information content (AvgIpc) is 2.46. The number of rotatable bonds is 3. The number of hydrogen-bond acceptors (Lipinski definition) is 2. The highest BCUT2D eigenvalue weighted by Crippen LogP contribution is 2.39. The molecular weight excluding hydrogens is 166 g/mol. The molecule has 0 aromatic heterocycles. The number of allylic oxidation sites excluding steroid dienone is 1. The van der Waals surface area contributed by atoms with Crippen LogP contribution >= 0.6 is 12.4 Å². The minimum atomic E-state index is -0.917. The number of carboxylic acid groups (broad SMARTS) is 1. The molecule has 1 rings (SSSR count). The summed E-state index contributed by atoms with van der Waals surface area (Å²) in [5.41, 5.74) is 6.41. The molecule has 3 N–H and O–H groups in total. The third-order valence-electron chi connectivity index (χ3n) is 1.78. The Balaban J connectivity index is 0.000001000. The Hall–Kier alpha value is -0.540. The highest BCUT2D eigenvalue weighted by Gasteiger charge is 2.30. The van der Waals surface area contributed by atoms with Crippen LogP contribution in [0, 0.1) is 5.92 Å². The number of aliphatic carboxylic acids is 1. The lowest BCUT2D eigenvalue weighted by Crippen LogP contribution is -2.30. The molecule has 0 aromatic rings. The van der Waals surface area contributed by atoms with Crippen LogP contribution in [0.3, 0.4) is 0 Å². The molecule has 0 aromatic carbocycles. The summed E-state index contributed by atoms with van der Waals surface area (Å²) in [4.78, 5) is 10.2. The van der Waals surface area contributed by atoms with Gasteiger partial charge in [0.05, 0.1) is 0 Å². The van der Waals surface area contributed by atoms with Gasteiger partial charge in [-0.15, -0.1) is 12.4 Å². The monoisotopic (exact) mass is 177 g/mol. The molecule has 4 heteroatoms. The van der Waals surface area contributed by atoms with E-state index in [9.17, 15) is 4.79 Å². The fourth-order valence-corrected chi connectivity index (χ4v) is 0.915. The van der Waals surface area contributed by atoms with Crippen molar-refractivity contribution >= 4 is 18.4 Å². The summed E-state index contributed by atoms with van der Waals surface area (Å²) in [6.07, 6.45) is 1.51. The molecule has 0 bridgehead atoms. The maximum absolute atomic E-state index is 10.2. The number of carboxylic acids is 1. The van der Waals surface area contributed by atoms with E-state index in [1.807, 2.05) is 0 Å². The van der Waals surface area contributed by atoms with Gasteiger partial charge in [0.1, 0.15) is 6.04 Å². The Labute approximate surface area is 71.7 Å². The van der Waals surface area contributed by atoms with Gasteiger partial charge in [-0.2, -0.15) is 0 Å². The van der Waals surface area contributed by atoms with E-state index in [0.29, 0.717) is 12.3 Å². The van der Waals surface area contributed by atoms with E-state index in [1.54, 1.807) is 0 Å². The van der Waals surface area contributed by atoms with Gasteiger partial charge >= 0.3 is 5.97 Å². The van der Waals surface area contributed by atoms with E-state index in [1.165, 1.54) is 0 Å². The minimum absolute atomic E-state index is 0.